The van der Waals surface area contributed by atoms with Crippen LogP contribution in [0.1, 0.15) is 7.85 Å². The smallest absolute Gasteiger partial charge is 0.263 e. The third-order valence-electron chi connectivity index (χ3n) is 6.24. The fourth-order valence-corrected chi connectivity index (χ4v) is 6.37. The molecule has 2 aromatic carbocycles. The molecule has 2 aliphatic heterocycles. The zero-order chi connectivity index (χ0) is 23.7. The van der Waals surface area contributed by atoms with E-state index < -0.39 is 10.0 Å². The van der Waals surface area contributed by atoms with Gasteiger partial charge in [-0.25, -0.2) is 13.4 Å². The Labute approximate surface area is 209 Å². The van der Waals surface area contributed by atoms with Gasteiger partial charge in [-0.05, 0) is 55.0 Å². The van der Waals surface area contributed by atoms with E-state index in [0.29, 0.717) is 17.4 Å². The van der Waals surface area contributed by atoms with Crippen molar-refractivity contribution in [1.82, 2.24) is 9.88 Å². The van der Waals surface area contributed by atoms with Crippen LogP contribution in [-0.2, 0) is 14.8 Å². The van der Waals surface area contributed by atoms with Crippen LogP contribution in [0.25, 0.3) is 0 Å². The Morgan fingerprint density at radius 1 is 0.971 bits per heavy atom. The Balaban J connectivity index is 0.00000289. The lowest BCUT2D eigenvalue weighted by Crippen LogP contribution is -2.52. The van der Waals surface area contributed by atoms with Crippen LogP contribution in [0, 0.1) is 0 Å². The number of nitrogens with zero attached hydrogens (tertiary/aromatic N) is 4. The number of amides is 1. The van der Waals surface area contributed by atoms with Gasteiger partial charge in [-0.3, -0.25) is 14.4 Å². The Morgan fingerprint density at radius 2 is 1.65 bits per heavy atom. The molecular formula is C23H26ClN5O3S2. The molecule has 11 heteroatoms. The maximum atomic E-state index is 13.2. The molecule has 2 aliphatic rings. The number of hydrogen-bond acceptors (Lipinski definition) is 7. The number of thiazole rings is 1. The van der Waals surface area contributed by atoms with Crippen LogP contribution in [0.15, 0.2) is 65.0 Å². The number of hydrogen-bond donors (Lipinski definition) is 1. The lowest BCUT2D eigenvalue weighted by molar-refractivity contribution is -0.121. The van der Waals surface area contributed by atoms with E-state index in [1.165, 1.54) is 23.5 Å². The maximum absolute atomic E-state index is 13.2. The molecule has 1 N–H and O–H groups in total. The lowest BCUT2D eigenvalue weighted by Gasteiger charge is -2.38. The number of carbonyl (C=O) groups excluding carboxylic acids is 1. The largest absolute Gasteiger partial charge is 0.369 e. The van der Waals surface area contributed by atoms with Gasteiger partial charge in [0.25, 0.3) is 10.0 Å². The molecule has 180 valence electrons. The van der Waals surface area contributed by atoms with Gasteiger partial charge in [0.1, 0.15) is 0 Å². The van der Waals surface area contributed by atoms with E-state index in [4.69, 9.17) is 11.6 Å². The number of anilines is 3. The molecule has 5 rings (SSSR count). The van der Waals surface area contributed by atoms with E-state index in [2.05, 4.69) is 19.5 Å². The number of aromatic nitrogens is 1. The Kier molecular flexibility index (Phi) is 6.48. The molecule has 0 unspecified atom stereocenters. The van der Waals surface area contributed by atoms with Gasteiger partial charge in [0.05, 0.1) is 10.9 Å². The number of piperazine rings is 1. The number of sulfonamides is 1. The molecule has 2 fully saturated rings. The standard InChI is InChI=1S/C23H24ClN5O3S2.H2/c24-17-1-3-18(4-2-17)27-12-14-28(15-13-27)21-9-11-29(22(21)30)19-5-7-20(8-6-19)34(31,32)26-23-25-10-16-33-23;/h1-8,10,16,21H,9,11-15H2,(H,25,26);1H/t21-;/m0./s1. The summed E-state index contributed by atoms with van der Waals surface area (Å²) in [5, 5.41) is 2.74. The molecule has 1 atom stereocenters. The first kappa shape index (κ1) is 23.1. The van der Waals surface area contributed by atoms with Crippen molar-refractivity contribution in [3.63, 3.8) is 0 Å². The molecule has 1 aromatic heterocycles. The molecule has 3 aromatic rings. The second-order valence-corrected chi connectivity index (χ2v) is 11.2. The summed E-state index contributed by atoms with van der Waals surface area (Å²) in [6.45, 7) is 3.94. The summed E-state index contributed by atoms with van der Waals surface area (Å²) in [4.78, 5) is 23.6. The van der Waals surface area contributed by atoms with Crippen LogP contribution >= 0.6 is 22.9 Å². The molecule has 0 aliphatic carbocycles. The first-order chi connectivity index (χ1) is 16.4. The summed E-state index contributed by atoms with van der Waals surface area (Å²) >= 11 is 7.21. The van der Waals surface area contributed by atoms with Crippen molar-refractivity contribution < 1.29 is 14.6 Å². The summed E-state index contributed by atoms with van der Waals surface area (Å²) in [5.41, 5.74) is 1.85. The van der Waals surface area contributed by atoms with Crippen LogP contribution in [0.5, 0.6) is 0 Å². The molecule has 0 spiro atoms. The van der Waals surface area contributed by atoms with Gasteiger partial charge < -0.3 is 9.80 Å². The van der Waals surface area contributed by atoms with Gasteiger partial charge in [0.2, 0.25) is 5.91 Å². The summed E-state index contributed by atoms with van der Waals surface area (Å²) in [6, 6.07) is 14.1. The summed E-state index contributed by atoms with van der Waals surface area (Å²) < 4.78 is 27.6. The summed E-state index contributed by atoms with van der Waals surface area (Å²) in [6.07, 6.45) is 2.30. The number of benzene rings is 2. The van der Waals surface area contributed by atoms with Crippen LogP contribution < -0.4 is 14.5 Å². The Bertz CT molecular complexity index is 1250. The SMILES string of the molecule is O=C1[C@@H](N2CCN(c3ccc(Cl)cc3)CC2)CCN1c1ccc(S(=O)(=O)Nc2nccs2)cc1.[HH]. The molecule has 0 radical (unpaired) electrons. The van der Waals surface area contributed by atoms with E-state index in [1.807, 2.05) is 24.3 Å². The van der Waals surface area contributed by atoms with Gasteiger partial charge >= 0.3 is 0 Å². The van der Waals surface area contributed by atoms with Gasteiger partial charge in [0, 0.05) is 62.1 Å². The minimum atomic E-state index is -3.72. The molecule has 1 amide bonds. The highest BCUT2D eigenvalue weighted by Crippen LogP contribution is 2.28. The van der Waals surface area contributed by atoms with Gasteiger partial charge in [0.15, 0.2) is 5.13 Å². The number of carbonyl (C=O) groups is 1. The minimum absolute atomic E-state index is 0. The van der Waals surface area contributed by atoms with Crippen LogP contribution in [-0.4, -0.2) is 63.0 Å². The van der Waals surface area contributed by atoms with Crippen LogP contribution in [0.3, 0.4) is 0 Å². The number of rotatable bonds is 6. The first-order valence-electron chi connectivity index (χ1n) is 11.0. The third-order valence-corrected chi connectivity index (χ3v) is 8.66. The predicted molar refractivity (Wildman–Crippen MR) is 137 cm³/mol. The van der Waals surface area contributed by atoms with Crippen molar-refractivity contribution in [1.29, 1.82) is 0 Å². The highest BCUT2D eigenvalue weighted by atomic mass is 35.5. The Morgan fingerprint density at radius 3 is 2.29 bits per heavy atom. The van der Waals surface area contributed by atoms with Gasteiger partial charge in [-0.1, -0.05) is 11.6 Å². The number of halogens is 1. The summed E-state index contributed by atoms with van der Waals surface area (Å²) in [7, 11) is -3.72. The molecule has 8 nitrogen and oxygen atoms in total. The molecule has 34 heavy (non-hydrogen) atoms. The van der Waals surface area contributed by atoms with Gasteiger partial charge in [-0.15, -0.1) is 11.3 Å². The van der Waals surface area contributed by atoms with Crippen LogP contribution in [0.4, 0.5) is 16.5 Å². The zero-order valence-electron chi connectivity index (χ0n) is 18.3. The summed E-state index contributed by atoms with van der Waals surface area (Å²) in [5.74, 6) is 0.0662. The molecule has 2 saturated heterocycles. The van der Waals surface area contributed by atoms with E-state index in [-0.39, 0.29) is 18.3 Å². The fraction of sp³-hybridized carbons (Fsp3) is 0.304. The van der Waals surface area contributed by atoms with Crippen molar-refractivity contribution in [2.45, 2.75) is 17.4 Å². The van der Waals surface area contributed by atoms with E-state index in [1.54, 1.807) is 28.6 Å². The number of nitrogens with one attached hydrogen (secondary N) is 1. The van der Waals surface area contributed by atoms with Crippen molar-refractivity contribution in [3.05, 3.63) is 65.1 Å². The molecule has 3 heterocycles. The second kappa shape index (κ2) is 9.53. The fourth-order valence-electron chi connectivity index (χ4n) is 4.46. The highest BCUT2D eigenvalue weighted by Gasteiger charge is 2.37. The van der Waals surface area contributed by atoms with Crippen molar-refractivity contribution in [2.24, 2.45) is 0 Å². The van der Waals surface area contributed by atoms with E-state index in [0.717, 1.165) is 43.3 Å². The van der Waals surface area contributed by atoms with Crippen LogP contribution in [0.2, 0.25) is 5.02 Å². The third kappa shape index (κ3) is 4.76. The normalized spacial score (nSPS) is 19.6. The topological polar surface area (TPSA) is 85.9 Å². The zero-order valence-corrected chi connectivity index (χ0v) is 20.7. The average Bonchev–Trinajstić information content (AvgIpc) is 3.49. The monoisotopic (exact) mass is 519 g/mol. The van der Waals surface area contributed by atoms with E-state index >= 15 is 0 Å². The molecule has 0 bridgehead atoms. The van der Waals surface area contributed by atoms with Crippen molar-refractivity contribution in [2.75, 3.05) is 47.2 Å². The second-order valence-electron chi connectivity index (χ2n) is 8.23. The highest BCUT2D eigenvalue weighted by molar-refractivity contribution is 7.93. The van der Waals surface area contributed by atoms with Crippen molar-refractivity contribution >= 4 is 55.4 Å². The quantitative estimate of drug-likeness (QED) is 0.533. The first-order valence-corrected chi connectivity index (χ1v) is 13.7. The van der Waals surface area contributed by atoms with E-state index in [9.17, 15) is 13.2 Å². The lowest BCUT2D eigenvalue weighted by atomic mass is 10.1. The average molecular weight is 520 g/mol. The van der Waals surface area contributed by atoms with Gasteiger partial charge in [-0.2, -0.15) is 0 Å². The Hall–Kier alpha value is -2.66. The predicted octanol–water partition coefficient (Wildman–Crippen LogP) is 3.77. The maximum Gasteiger partial charge on any atom is 0.263 e. The molecular weight excluding hydrogens is 494 g/mol. The minimum Gasteiger partial charge on any atom is -0.369 e. The van der Waals surface area contributed by atoms with Crippen molar-refractivity contribution in [3.8, 4) is 0 Å². The molecule has 0 saturated carbocycles.